The molecule has 0 amide bonds. The lowest BCUT2D eigenvalue weighted by Gasteiger charge is -2.45. The summed E-state index contributed by atoms with van der Waals surface area (Å²) in [5, 5.41) is 11.7. The summed E-state index contributed by atoms with van der Waals surface area (Å²) in [6.45, 7) is 12.9. The minimum absolute atomic E-state index is 0.0236. The van der Waals surface area contributed by atoms with Crippen LogP contribution in [0.15, 0.2) is 11.6 Å². The van der Waals surface area contributed by atoms with Crippen LogP contribution >= 0.6 is 0 Å². The molecule has 0 aromatic heterocycles. The lowest BCUT2D eigenvalue weighted by molar-refractivity contribution is -0.181. The van der Waals surface area contributed by atoms with Crippen molar-refractivity contribution < 1.29 is 28.9 Å². The first-order valence-electron chi connectivity index (χ1n) is 10.3. The molecule has 1 N–H and O–H groups in total. The Morgan fingerprint density at radius 3 is 2.36 bits per heavy atom. The molecule has 1 heterocycles. The fourth-order valence-electron chi connectivity index (χ4n) is 5.56. The van der Waals surface area contributed by atoms with Crippen LogP contribution in [-0.2, 0) is 23.8 Å². The van der Waals surface area contributed by atoms with Gasteiger partial charge in [0.2, 0.25) is 0 Å². The third-order valence-corrected chi connectivity index (χ3v) is 7.46. The lowest BCUT2D eigenvalue weighted by Crippen LogP contribution is -2.54. The number of fused-ring (bicyclic) bond motifs is 2. The number of rotatable bonds is 4. The molecule has 0 aromatic carbocycles. The summed E-state index contributed by atoms with van der Waals surface area (Å²) >= 11 is 0. The largest absolute Gasteiger partial charge is 0.459 e. The predicted molar refractivity (Wildman–Crippen MR) is 103 cm³/mol. The van der Waals surface area contributed by atoms with Gasteiger partial charge in [0.25, 0.3) is 0 Å². The summed E-state index contributed by atoms with van der Waals surface area (Å²) in [6.07, 6.45) is 2.22. The number of esters is 2. The first kappa shape index (κ1) is 21.3. The first-order chi connectivity index (χ1) is 12.9. The van der Waals surface area contributed by atoms with Crippen molar-refractivity contribution in [3.63, 3.8) is 0 Å². The maximum absolute atomic E-state index is 12.6. The normalized spacial score (nSPS) is 45.1. The highest BCUT2D eigenvalue weighted by Gasteiger charge is 2.73. The molecule has 158 valence electrons. The zero-order valence-electron chi connectivity index (χ0n) is 18.1. The van der Waals surface area contributed by atoms with Crippen LogP contribution in [0.4, 0.5) is 0 Å². The zero-order chi connectivity index (χ0) is 21.1. The van der Waals surface area contributed by atoms with Crippen molar-refractivity contribution in [1.29, 1.82) is 0 Å². The van der Waals surface area contributed by atoms with Gasteiger partial charge in [0.1, 0.15) is 18.3 Å². The van der Waals surface area contributed by atoms with Crippen LogP contribution in [0.3, 0.4) is 0 Å². The van der Waals surface area contributed by atoms with E-state index in [0.717, 1.165) is 0 Å². The van der Waals surface area contributed by atoms with E-state index < -0.39 is 28.8 Å². The molecule has 0 radical (unpaired) electrons. The van der Waals surface area contributed by atoms with Crippen LogP contribution in [0.25, 0.3) is 0 Å². The maximum Gasteiger partial charge on any atom is 0.333 e. The Balaban J connectivity index is 2.07. The van der Waals surface area contributed by atoms with Crippen LogP contribution in [0.2, 0.25) is 0 Å². The standard InChI is InChI=1S/C22H34O6/c1-8-13(4)19(24)27-15-11-21(7)18(28-21)17(26-14(5)23)20(6)9-10-22(25,12(2)3)16(15)20/h8,12,15-18,25H,9-11H2,1-7H3/b13-8-/t15-,16-,17+,18+,20+,21+,22+/m1/s1. The average molecular weight is 395 g/mol. The summed E-state index contributed by atoms with van der Waals surface area (Å²) in [5.74, 6) is -1.10. The molecule has 3 rings (SSSR count). The summed E-state index contributed by atoms with van der Waals surface area (Å²) in [5.41, 5.74) is -1.54. The molecule has 1 saturated heterocycles. The van der Waals surface area contributed by atoms with E-state index in [9.17, 15) is 14.7 Å². The second-order valence-electron chi connectivity index (χ2n) is 9.63. The number of epoxide rings is 1. The molecule has 0 spiro atoms. The van der Waals surface area contributed by atoms with E-state index in [2.05, 4.69) is 0 Å². The van der Waals surface area contributed by atoms with Gasteiger partial charge in [0.05, 0.1) is 11.2 Å². The van der Waals surface area contributed by atoms with Crippen molar-refractivity contribution in [1.82, 2.24) is 0 Å². The van der Waals surface area contributed by atoms with Gasteiger partial charge in [-0.25, -0.2) is 4.79 Å². The molecule has 0 aromatic rings. The monoisotopic (exact) mass is 394 g/mol. The summed E-state index contributed by atoms with van der Waals surface area (Å²) in [6, 6.07) is 0. The van der Waals surface area contributed by atoms with Crippen molar-refractivity contribution in [2.45, 2.75) is 97.2 Å². The SMILES string of the molecule is C/C=C(/C)C(=O)O[C@@H]1C[C@]2(C)O[C@H]2[C@H](OC(C)=O)[C@@]2(C)CC[C@](O)(C(C)C)[C@H]12. The van der Waals surface area contributed by atoms with Crippen molar-refractivity contribution in [3.8, 4) is 0 Å². The van der Waals surface area contributed by atoms with Gasteiger partial charge < -0.3 is 19.3 Å². The molecule has 3 fully saturated rings. The van der Waals surface area contributed by atoms with E-state index >= 15 is 0 Å². The molecule has 2 aliphatic carbocycles. The zero-order valence-corrected chi connectivity index (χ0v) is 18.1. The first-order valence-corrected chi connectivity index (χ1v) is 10.3. The Bertz CT molecular complexity index is 699. The summed E-state index contributed by atoms with van der Waals surface area (Å²) in [7, 11) is 0. The lowest BCUT2D eigenvalue weighted by atomic mass is 9.66. The van der Waals surface area contributed by atoms with E-state index in [-0.39, 0.29) is 29.9 Å². The van der Waals surface area contributed by atoms with Gasteiger partial charge >= 0.3 is 11.9 Å². The summed E-state index contributed by atoms with van der Waals surface area (Å²) < 4.78 is 17.7. The van der Waals surface area contributed by atoms with Crippen molar-refractivity contribution in [3.05, 3.63) is 11.6 Å². The number of carbonyl (C=O) groups is 2. The maximum atomic E-state index is 12.6. The van der Waals surface area contributed by atoms with Crippen LogP contribution in [0, 0.1) is 17.3 Å². The molecular weight excluding hydrogens is 360 g/mol. The van der Waals surface area contributed by atoms with E-state index in [4.69, 9.17) is 14.2 Å². The van der Waals surface area contributed by atoms with Crippen LogP contribution in [0.1, 0.15) is 67.7 Å². The summed E-state index contributed by atoms with van der Waals surface area (Å²) in [4.78, 5) is 24.5. The van der Waals surface area contributed by atoms with Crippen molar-refractivity contribution in [2.24, 2.45) is 17.3 Å². The molecule has 3 aliphatic rings. The van der Waals surface area contributed by atoms with Crippen LogP contribution in [0.5, 0.6) is 0 Å². The van der Waals surface area contributed by atoms with E-state index in [1.165, 1.54) is 6.92 Å². The Kier molecular flexibility index (Phi) is 5.20. The molecule has 2 saturated carbocycles. The molecular formula is C22H34O6. The highest BCUT2D eigenvalue weighted by atomic mass is 16.6. The second-order valence-corrected chi connectivity index (χ2v) is 9.63. The van der Waals surface area contributed by atoms with Gasteiger partial charge in [0.15, 0.2) is 0 Å². The number of allylic oxidation sites excluding steroid dienone is 1. The Hall–Kier alpha value is -1.40. The van der Waals surface area contributed by atoms with Gasteiger partial charge in [-0.2, -0.15) is 0 Å². The third kappa shape index (κ3) is 3.18. The molecule has 28 heavy (non-hydrogen) atoms. The minimum atomic E-state index is -1.00. The highest BCUT2D eigenvalue weighted by Crippen LogP contribution is 2.64. The number of carbonyl (C=O) groups excluding carboxylic acids is 2. The highest BCUT2D eigenvalue weighted by molar-refractivity contribution is 5.87. The second kappa shape index (κ2) is 6.84. The fourth-order valence-corrected chi connectivity index (χ4v) is 5.56. The van der Waals surface area contributed by atoms with E-state index in [1.807, 2.05) is 27.7 Å². The van der Waals surface area contributed by atoms with Crippen LogP contribution in [-0.4, -0.2) is 46.6 Å². The number of hydrogen-bond acceptors (Lipinski definition) is 6. The minimum Gasteiger partial charge on any atom is -0.459 e. The Morgan fingerprint density at radius 1 is 1.18 bits per heavy atom. The number of ether oxygens (including phenoxy) is 3. The molecule has 0 unspecified atom stereocenters. The van der Waals surface area contributed by atoms with Gasteiger partial charge in [0, 0.05) is 30.3 Å². The van der Waals surface area contributed by atoms with Gasteiger partial charge in [-0.1, -0.05) is 26.8 Å². The number of hydrogen-bond donors (Lipinski definition) is 1. The molecule has 0 bridgehead atoms. The molecule has 1 aliphatic heterocycles. The third-order valence-electron chi connectivity index (χ3n) is 7.46. The quantitative estimate of drug-likeness (QED) is 0.448. The topological polar surface area (TPSA) is 85.4 Å². The fraction of sp³-hybridized carbons (Fsp3) is 0.818. The predicted octanol–water partition coefficient (Wildman–Crippen LogP) is 3.16. The number of aliphatic hydroxyl groups is 1. The average Bonchev–Trinajstić information content (AvgIpc) is 3.17. The van der Waals surface area contributed by atoms with E-state index in [0.29, 0.717) is 24.8 Å². The van der Waals surface area contributed by atoms with Crippen molar-refractivity contribution in [2.75, 3.05) is 0 Å². The Morgan fingerprint density at radius 2 is 1.82 bits per heavy atom. The van der Waals surface area contributed by atoms with Crippen molar-refractivity contribution >= 4 is 11.9 Å². The Labute approximate surface area is 167 Å². The molecule has 6 nitrogen and oxygen atoms in total. The molecule has 6 heteroatoms. The van der Waals surface area contributed by atoms with Crippen LogP contribution < -0.4 is 0 Å². The van der Waals surface area contributed by atoms with Gasteiger partial charge in [-0.3, -0.25) is 4.79 Å². The van der Waals surface area contributed by atoms with Gasteiger partial charge in [-0.15, -0.1) is 0 Å². The molecule has 7 atom stereocenters. The van der Waals surface area contributed by atoms with Gasteiger partial charge in [-0.05, 0) is 39.5 Å². The van der Waals surface area contributed by atoms with E-state index in [1.54, 1.807) is 19.9 Å². The smallest absolute Gasteiger partial charge is 0.333 e.